The average molecular weight is 373 g/mol. The summed E-state index contributed by atoms with van der Waals surface area (Å²) < 4.78 is 40.1. The zero-order valence-electron chi connectivity index (χ0n) is 15.0. The van der Waals surface area contributed by atoms with Gasteiger partial charge in [-0.25, -0.2) is 0 Å². The number of benzene rings is 2. The van der Waals surface area contributed by atoms with Crippen molar-refractivity contribution in [3.63, 3.8) is 0 Å². The van der Waals surface area contributed by atoms with Crippen molar-refractivity contribution in [2.24, 2.45) is 0 Å². The van der Waals surface area contributed by atoms with Crippen molar-refractivity contribution in [2.45, 2.75) is 56.8 Å². The van der Waals surface area contributed by atoms with E-state index >= 15 is 0 Å². The molecule has 2 aliphatic rings. The monoisotopic (exact) mass is 373 g/mol. The molecule has 0 radical (unpaired) electrons. The molecule has 2 aliphatic carbocycles. The van der Waals surface area contributed by atoms with Crippen LogP contribution in [0, 0.1) is 0 Å². The minimum atomic E-state index is -4.41. The molecule has 0 spiro atoms. The molecule has 1 atom stereocenters. The molecule has 0 N–H and O–H groups in total. The number of fused-ring (bicyclic) bond motifs is 1. The second kappa shape index (κ2) is 7.02. The summed E-state index contributed by atoms with van der Waals surface area (Å²) in [5.74, 6) is -0.268. The Bertz CT molecular complexity index is 841. The summed E-state index contributed by atoms with van der Waals surface area (Å²) in [5.41, 5.74) is 1.76. The number of hydrogen-bond acceptors (Lipinski definition) is 1. The molecule has 0 bridgehead atoms. The molecule has 27 heavy (non-hydrogen) atoms. The van der Waals surface area contributed by atoms with Crippen molar-refractivity contribution < 1.29 is 18.0 Å². The predicted molar refractivity (Wildman–Crippen MR) is 97.1 cm³/mol. The zero-order valence-corrected chi connectivity index (χ0v) is 15.0. The van der Waals surface area contributed by atoms with Crippen LogP contribution in [0.4, 0.5) is 13.2 Å². The molecule has 2 aromatic carbocycles. The van der Waals surface area contributed by atoms with Gasteiger partial charge in [-0.05, 0) is 54.9 Å². The zero-order chi connectivity index (χ0) is 19.0. The van der Waals surface area contributed by atoms with E-state index in [9.17, 15) is 18.0 Å². The van der Waals surface area contributed by atoms with Gasteiger partial charge in [0.15, 0.2) is 0 Å². The first-order chi connectivity index (χ1) is 12.9. The third kappa shape index (κ3) is 3.73. The summed E-state index contributed by atoms with van der Waals surface area (Å²) >= 11 is 0. The number of amides is 1. The third-order valence-electron chi connectivity index (χ3n) is 5.60. The molecular weight excluding hydrogens is 351 g/mol. The van der Waals surface area contributed by atoms with Gasteiger partial charge in [0, 0.05) is 12.6 Å². The summed E-state index contributed by atoms with van der Waals surface area (Å²) in [6.45, 7) is 0.0256. The maximum atomic E-state index is 13.4. The molecule has 0 heterocycles. The maximum Gasteiger partial charge on any atom is 0.416 e. The van der Waals surface area contributed by atoms with E-state index in [1.807, 2.05) is 18.2 Å². The van der Waals surface area contributed by atoms with Crippen molar-refractivity contribution in [2.75, 3.05) is 0 Å². The number of halogens is 3. The van der Waals surface area contributed by atoms with Crippen LogP contribution >= 0.6 is 0 Å². The van der Waals surface area contributed by atoms with Crippen LogP contribution in [-0.4, -0.2) is 16.8 Å². The Morgan fingerprint density at radius 2 is 1.70 bits per heavy atom. The van der Waals surface area contributed by atoms with Gasteiger partial charge >= 0.3 is 6.18 Å². The Balaban J connectivity index is 1.63. The lowest BCUT2D eigenvalue weighted by molar-refractivity contribution is -0.140. The van der Waals surface area contributed by atoms with E-state index in [4.69, 9.17) is 0 Å². The topological polar surface area (TPSA) is 20.3 Å². The number of rotatable bonds is 4. The van der Waals surface area contributed by atoms with E-state index in [0.29, 0.717) is 0 Å². The maximum absolute atomic E-state index is 13.4. The number of alkyl halides is 3. The molecule has 1 saturated carbocycles. The Kier molecular flexibility index (Phi) is 4.70. The smallest absolute Gasteiger partial charge is 0.335 e. The summed E-state index contributed by atoms with van der Waals surface area (Å²) in [6.07, 6.45) is -0.0137. The van der Waals surface area contributed by atoms with Crippen molar-refractivity contribution >= 4 is 5.91 Å². The highest BCUT2D eigenvalue weighted by molar-refractivity contribution is 5.85. The van der Waals surface area contributed by atoms with E-state index in [-0.39, 0.29) is 30.0 Å². The SMILES string of the molecule is O=C([C@@H]1CCCc2ccccc21)N(Cc1ccccc1C(F)(F)F)C1CC1. The molecule has 0 saturated heterocycles. The van der Waals surface area contributed by atoms with Crippen LogP contribution in [0.15, 0.2) is 48.5 Å². The van der Waals surface area contributed by atoms with Gasteiger partial charge in [0.2, 0.25) is 5.91 Å². The number of nitrogens with zero attached hydrogens (tertiary/aromatic N) is 1. The molecule has 2 nitrogen and oxygen atoms in total. The van der Waals surface area contributed by atoms with Crippen LogP contribution in [0.25, 0.3) is 0 Å². The van der Waals surface area contributed by atoms with E-state index in [1.54, 1.807) is 11.0 Å². The van der Waals surface area contributed by atoms with Gasteiger partial charge in [-0.2, -0.15) is 13.2 Å². The fourth-order valence-electron chi connectivity index (χ4n) is 4.10. The number of carbonyl (C=O) groups excluding carboxylic acids is 1. The highest BCUT2D eigenvalue weighted by Crippen LogP contribution is 2.39. The van der Waals surface area contributed by atoms with Crippen molar-refractivity contribution in [1.29, 1.82) is 0 Å². The molecule has 1 fully saturated rings. The summed E-state index contributed by atoms with van der Waals surface area (Å²) in [6, 6.07) is 13.6. The lowest BCUT2D eigenvalue weighted by Gasteiger charge is -2.31. The molecule has 0 aliphatic heterocycles. The minimum absolute atomic E-state index is 0.0256. The first kappa shape index (κ1) is 18.1. The molecule has 5 heteroatoms. The van der Waals surface area contributed by atoms with Gasteiger partial charge in [0.25, 0.3) is 0 Å². The normalized spacial score (nSPS) is 19.4. The van der Waals surface area contributed by atoms with Gasteiger partial charge in [-0.3, -0.25) is 4.79 Å². The van der Waals surface area contributed by atoms with Crippen LogP contribution in [0.2, 0.25) is 0 Å². The lowest BCUT2D eigenvalue weighted by Crippen LogP contribution is -2.38. The van der Waals surface area contributed by atoms with Crippen LogP contribution in [-0.2, 0) is 23.9 Å². The Morgan fingerprint density at radius 1 is 1.00 bits per heavy atom. The van der Waals surface area contributed by atoms with Gasteiger partial charge in [0.1, 0.15) is 0 Å². The second-order valence-electron chi connectivity index (χ2n) is 7.50. The highest BCUT2D eigenvalue weighted by Gasteiger charge is 2.39. The van der Waals surface area contributed by atoms with Crippen LogP contribution in [0.1, 0.15) is 53.9 Å². The molecule has 1 amide bonds. The summed E-state index contributed by atoms with van der Waals surface area (Å²) in [5, 5.41) is 0. The third-order valence-corrected chi connectivity index (χ3v) is 5.60. The number of carbonyl (C=O) groups is 1. The van der Waals surface area contributed by atoms with E-state index in [0.717, 1.165) is 43.7 Å². The first-order valence-electron chi connectivity index (χ1n) is 9.48. The average Bonchev–Trinajstić information content (AvgIpc) is 3.50. The molecule has 4 rings (SSSR count). The van der Waals surface area contributed by atoms with Crippen molar-refractivity contribution in [3.05, 3.63) is 70.8 Å². The van der Waals surface area contributed by atoms with Gasteiger partial charge < -0.3 is 4.90 Å². The number of hydrogen-bond donors (Lipinski definition) is 0. The van der Waals surface area contributed by atoms with E-state index in [2.05, 4.69) is 6.07 Å². The molecule has 0 unspecified atom stereocenters. The predicted octanol–water partition coefficient (Wildman–Crippen LogP) is 5.32. The molecule has 142 valence electrons. The van der Waals surface area contributed by atoms with Crippen molar-refractivity contribution in [1.82, 2.24) is 4.90 Å². The van der Waals surface area contributed by atoms with Crippen LogP contribution in [0.5, 0.6) is 0 Å². The van der Waals surface area contributed by atoms with Crippen LogP contribution < -0.4 is 0 Å². The largest absolute Gasteiger partial charge is 0.416 e. The van der Waals surface area contributed by atoms with Gasteiger partial charge in [0.05, 0.1) is 11.5 Å². The Hall–Kier alpha value is -2.30. The fraction of sp³-hybridized carbons (Fsp3) is 0.409. The number of aryl methyl sites for hydroxylation is 1. The quantitative estimate of drug-likeness (QED) is 0.711. The lowest BCUT2D eigenvalue weighted by atomic mass is 9.82. The first-order valence-corrected chi connectivity index (χ1v) is 9.48. The Morgan fingerprint density at radius 3 is 2.44 bits per heavy atom. The highest BCUT2D eigenvalue weighted by atomic mass is 19.4. The molecule has 2 aromatic rings. The standard InChI is InChI=1S/C22H22F3NO/c23-22(24,25)20-11-4-2-7-16(20)14-26(17-12-13-17)21(27)19-10-5-8-15-6-1-3-9-18(15)19/h1-4,6-7,9,11,17,19H,5,8,10,12-14H2/t19-/m1/s1. The Labute approximate surface area is 157 Å². The molecular formula is C22H22F3NO. The van der Waals surface area contributed by atoms with Gasteiger partial charge in [-0.15, -0.1) is 0 Å². The van der Waals surface area contributed by atoms with E-state index in [1.165, 1.54) is 17.7 Å². The van der Waals surface area contributed by atoms with Gasteiger partial charge in [-0.1, -0.05) is 42.5 Å². The minimum Gasteiger partial charge on any atom is -0.335 e. The summed E-state index contributed by atoms with van der Waals surface area (Å²) in [4.78, 5) is 15.0. The molecule has 0 aromatic heterocycles. The second-order valence-corrected chi connectivity index (χ2v) is 7.50. The van der Waals surface area contributed by atoms with Crippen LogP contribution in [0.3, 0.4) is 0 Å². The fourth-order valence-corrected chi connectivity index (χ4v) is 4.10. The summed E-state index contributed by atoms with van der Waals surface area (Å²) in [7, 11) is 0. The van der Waals surface area contributed by atoms with E-state index < -0.39 is 11.7 Å². The van der Waals surface area contributed by atoms with Crippen molar-refractivity contribution in [3.8, 4) is 0 Å².